The molecular weight excluding hydrogens is 188 g/mol. The van der Waals surface area contributed by atoms with Gasteiger partial charge >= 0.3 is 6.18 Å². The van der Waals surface area contributed by atoms with Gasteiger partial charge in [-0.15, -0.1) is 5.23 Å². The third-order valence-corrected chi connectivity index (χ3v) is 1.44. The fraction of sp³-hybridized carbons (Fsp3) is 0.143. The zero-order valence-electron chi connectivity index (χ0n) is 6.35. The molecule has 0 aromatic heterocycles. The highest BCUT2D eigenvalue weighted by Gasteiger charge is 2.30. The molecule has 0 atom stereocenters. The second-order valence-electron chi connectivity index (χ2n) is 2.36. The lowest BCUT2D eigenvalue weighted by Crippen LogP contribution is -2.19. The fourth-order valence-electron chi connectivity index (χ4n) is 0.793. The summed E-state index contributed by atoms with van der Waals surface area (Å²) in [5.41, 5.74) is -0.967. The molecule has 0 fully saturated rings. The molecule has 13 heavy (non-hydrogen) atoms. The summed E-state index contributed by atoms with van der Waals surface area (Å²) in [5, 5.41) is -0.250. The Labute approximate surface area is 71.5 Å². The van der Waals surface area contributed by atoms with Gasteiger partial charge < -0.3 is 0 Å². The number of rotatable bonds is 1. The summed E-state index contributed by atoms with van der Waals surface area (Å²) in [7, 11) is 0. The molecule has 0 aliphatic rings. The molecule has 1 rings (SSSR count). The molecule has 1 aromatic carbocycles. The number of hydrogen-bond acceptors (Lipinski definition) is 2. The predicted octanol–water partition coefficient (Wildman–Crippen LogP) is 2.27. The van der Waals surface area contributed by atoms with Gasteiger partial charge in [0, 0.05) is 0 Å². The first kappa shape index (κ1) is 9.79. The normalized spacial score (nSPS) is 11.5. The van der Waals surface area contributed by atoms with Crippen molar-refractivity contribution < 1.29 is 17.7 Å². The smallest absolute Gasteiger partial charge is 0.218 e. The standard InChI is InChI=1S/C7H6F4N2/c8-7(9,10)5-1-3-6(4-2-5)13(11)12/h1-4H,12H2. The van der Waals surface area contributed by atoms with Crippen molar-refractivity contribution in [3.05, 3.63) is 29.8 Å². The summed E-state index contributed by atoms with van der Waals surface area (Å²) in [5.74, 6) is 4.66. The highest BCUT2D eigenvalue weighted by molar-refractivity contribution is 5.44. The van der Waals surface area contributed by atoms with Crippen LogP contribution in [0.5, 0.6) is 0 Å². The monoisotopic (exact) mass is 194 g/mol. The molecule has 0 unspecified atom stereocenters. The van der Waals surface area contributed by atoms with Gasteiger partial charge in [0.05, 0.1) is 11.3 Å². The fourth-order valence-corrected chi connectivity index (χ4v) is 0.793. The quantitative estimate of drug-likeness (QED) is 0.321. The van der Waals surface area contributed by atoms with Crippen LogP contribution in [0.3, 0.4) is 0 Å². The molecule has 0 saturated carbocycles. The molecule has 0 amide bonds. The number of hydrogen-bond donors (Lipinski definition) is 1. The minimum atomic E-state index is -4.41. The van der Waals surface area contributed by atoms with Crippen LogP contribution in [0, 0.1) is 0 Å². The highest BCUT2D eigenvalue weighted by atomic mass is 19.4. The maximum absolute atomic E-state index is 12.2. The van der Waals surface area contributed by atoms with Crippen LogP contribution in [0.1, 0.15) is 5.56 Å². The molecule has 6 heteroatoms. The maximum atomic E-state index is 12.2. The Kier molecular flexibility index (Phi) is 2.42. The lowest BCUT2D eigenvalue weighted by atomic mass is 10.2. The van der Waals surface area contributed by atoms with Crippen molar-refractivity contribution in [2.45, 2.75) is 6.18 Å². The van der Waals surface area contributed by atoms with Crippen molar-refractivity contribution in [1.29, 1.82) is 0 Å². The van der Waals surface area contributed by atoms with Crippen molar-refractivity contribution in [2.75, 3.05) is 5.23 Å². The molecule has 2 nitrogen and oxygen atoms in total. The van der Waals surface area contributed by atoms with E-state index in [1.165, 1.54) is 0 Å². The van der Waals surface area contributed by atoms with Crippen LogP contribution >= 0.6 is 0 Å². The Balaban J connectivity index is 2.94. The Morgan fingerprint density at radius 1 is 1.08 bits per heavy atom. The van der Waals surface area contributed by atoms with Gasteiger partial charge in [0.1, 0.15) is 0 Å². The first-order chi connectivity index (χ1) is 5.91. The topological polar surface area (TPSA) is 29.3 Å². The van der Waals surface area contributed by atoms with Crippen LogP contribution in [0.4, 0.5) is 23.3 Å². The zero-order valence-corrected chi connectivity index (χ0v) is 6.35. The number of benzene rings is 1. The van der Waals surface area contributed by atoms with E-state index in [1.807, 2.05) is 0 Å². The number of anilines is 1. The third-order valence-electron chi connectivity index (χ3n) is 1.44. The van der Waals surface area contributed by atoms with E-state index in [1.54, 1.807) is 0 Å². The summed E-state index contributed by atoms with van der Waals surface area (Å²) in [6.45, 7) is 0. The van der Waals surface area contributed by atoms with Crippen molar-refractivity contribution >= 4 is 5.69 Å². The van der Waals surface area contributed by atoms with E-state index in [4.69, 9.17) is 0 Å². The molecule has 0 bridgehead atoms. The molecular formula is C7H6F4N2. The van der Waals surface area contributed by atoms with Crippen LogP contribution in [-0.4, -0.2) is 0 Å². The Morgan fingerprint density at radius 2 is 1.54 bits per heavy atom. The third kappa shape index (κ3) is 2.32. The largest absolute Gasteiger partial charge is 0.416 e. The van der Waals surface area contributed by atoms with Gasteiger partial charge in [-0.1, -0.05) is 4.48 Å². The van der Waals surface area contributed by atoms with Crippen LogP contribution in [0.2, 0.25) is 0 Å². The first-order valence-electron chi connectivity index (χ1n) is 3.29. The van der Waals surface area contributed by atoms with E-state index in [0.717, 1.165) is 24.3 Å². The van der Waals surface area contributed by atoms with Gasteiger partial charge in [0.15, 0.2) is 0 Å². The predicted molar refractivity (Wildman–Crippen MR) is 39.2 cm³/mol. The van der Waals surface area contributed by atoms with Crippen molar-refractivity contribution in [1.82, 2.24) is 0 Å². The van der Waals surface area contributed by atoms with Gasteiger partial charge in [0.2, 0.25) is 0 Å². The Bertz CT molecular complexity index is 278. The molecule has 0 heterocycles. The van der Waals surface area contributed by atoms with E-state index >= 15 is 0 Å². The number of nitrogens with two attached hydrogens (primary N) is 1. The Hall–Kier alpha value is -1.30. The van der Waals surface area contributed by atoms with Crippen molar-refractivity contribution in [3.63, 3.8) is 0 Å². The minimum absolute atomic E-state index is 0.131. The first-order valence-corrected chi connectivity index (χ1v) is 3.29. The number of hydrazine groups is 1. The van der Waals surface area contributed by atoms with E-state index < -0.39 is 11.7 Å². The summed E-state index contributed by atoms with van der Waals surface area (Å²) >= 11 is 0. The molecule has 0 aliphatic carbocycles. The molecule has 2 N–H and O–H groups in total. The van der Waals surface area contributed by atoms with Gasteiger partial charge in [-0.3, -0.25) is 0 Å². The summed E-state index contributed by atoms with van der Waals surface area (Å²) in [4.78, 5) is 0. The second kappa shape index (κ2) is 3.21. The van der Waals surface area contributed by atoms with E-state index in [2.05, 4.69) is 5.84 Å². The molecule has 72 valence electrons. The molecule has 0 aliphatic heterocycles. The van der Waals surface area contributed by atoms with Gasteiger partial charge in [-0.25, -0.2) is 5.84 Å². The summed E-state index contributed by atoms with van der Waals surface area (Å²) in [6, 6.07) is 3.41. The van der Waals surface area contributed by atoms with Crippen LogP contribution in [-0.2, 0) is 6.18 Å². The zero-order chi connectivity index (χ0) is 10.1. The van der Waals surface area contributed by atoms with E-state index in [-0.39, 0.29) is 10.9 Å². The SMILES string of the molecule is NN(F)c1ccc(C(F)(F)F)cc1. The van der Waals surface area contributed by atoms with Crippen LogP contribution < -0.4 is 11.1 Å². The minimum Gasteiger partial charge on any atom is -0.218 e. The van der Waals surface area contributed by atoms with Crippen molar-refractivity contribution in [3.8, 4) is 0 Å². The maximum Gasteiger partial charge on any atom is 0.416 e. The van der Waals surface area contributed by atoms with Gasteiger partial charge in [0.25, 0.3) is 0 Å². The average Bonchev–Trinajstić information content (AvgIpc) is 2.03. The van der Waals surface area contributed by atoms with Gasteiger partial charge in [-0.2, -0.15) is 13.2 Å². The summed E-state index contributed by atoms with van der Waals surface area (Å²) in [6.07, 6.45) is -4.41. The number of alkyl halides is 3. The van der Waals surface area contributed by atoms with E-state index in [9.17, 15) is 17.7 Å². The van der Waals surface area contributed by atoms with Crippen molar-refractivity contribution in [2.24, 2.45) is 5.84 Å². The number of nitrogens with zero attached hydrogens (tertiary/aromatic N) is 1. The Morgan fingerprint density at radius 3 is 1.85 bits per heavy atom. The van der Waals surface area contributed by atoms with Crippen LogP contribution in [0.25, 0.3) is 0 Å². The van der Waals surface area contributed by atoms with Crippen LogP contribution in [0.15, 0.2) is 24.3 Å². The van der Waals surface area contributed by atoms with Gasteiger partial charge in [-0.05, 0) is 24.3 Å². The molecule has 1 aromatic rings. The van der Waals surface area contributed by atoms with E-state index in [0.29, 0.717) is 0 Å². The molecule has 0 saturated heterocycles. The lowest BCUT2D eigenvalue weighted by molar-refractivity contribution is -0.137. The highest BCUT2D eigenvalue weighted by Crippen LogP contribution is 2.30. The summed E-state index contributed by atoms with van der Waals surface area (Å²) < 4.78 is 48.1. The second-order valence-corrected chi connectivity index (χ2v) is 2.36. The average molecular weight is 194 g/mol. The lowest BCUT2D eigenvalue weighted by Gasteiger charge is -2.09. The molecule has 0 radical (unpaired) electrons. The number of halogens is 4. The molecule has 0 spiro atoms.